The summed E-state index contributed by atoms with van der Waals surface area (Å²) in [5.74, 6) is 0.230. The van der Waals surface area contributed by atoms with Crippen molar-refractivity contribution < 1.29 is 14.6 Å². The second-order valence-electron chi connectivity index (χ2n) is 2.63. The molecule has 1 heterocycles. The fraction of sp³-hybridized carbons (Fsp3) is 1.00. The van der Waals surface area contributed by atoms with Gasteiger partial charge >= 0.3 is 0 Å². The molecule has 11 heavy (non-hydrogen) atoms. The van der Waals surface area contributed by atoms with Crippen LogP contribution in [0.3, 0.4) is 0 Å². The molecule has 0 saturated carbocycles. The Kier molecular flexibility index (Phi) is 4.15. The van der Waals surface area contributed by atoms with Crippen LogP contribution in [-0.2, 0) is 9.47 Å². The van der Waals surface area contributed by atoms with Crippen LogP contribution in [0.25, 0.3) is 0 Å². The van der Waals surface area contributed by atoms with Crippen LogP contribution in [0.15, 0.2) is 0 Å². The summed E-state index contributed by atoms with van der Waals surface area (Å²) in [7, 11) is 0. The molecule has 0 aliphatic carbocycles. The van der Waals surface area contributed by atoms with Crippen LogP contribution in [-0.4, -0.2) is 43.0 Å². The zero-order valence-electron chi connectivity index (χ0n) is 6.33. The standard InChI is InChI=1S/C7H13ClO3/c8-3-6(9)4-11-7-1-2-10-5-7/h6-7,9H,1-5H2. The average molecular weight is 181 g/mol. The average Bonchev–Trinajstić information content (AvgIpc) is 2.52. The molecule has 1 saturated heterocycles. The number of hydrogen-bond donors (Lipinski definition) is 1. The third-order valence-electron chi connectivity index (χ3n) is 1.59. The molecular formula is C7H13ClO3. The van der Waals surface area contributed by atoms with E-state index >= 15 is 0 Å². The molecule has 0 bridgehead atoms. The molecule has 4 heteroatoms. The zero-order valence-corrected chi connectivity index (χ0v) is 7.09. The molecule has 1 N–H and O–H groups in total. The summed E-state index contributed by atoms with van der Waals surface area (Å²) in [6, 6.07) is 0. The Bertz CT molecular complexity index is 104. The molecule has 66 valence electrons. The molecule has 2 atom stereocenters. The van der Waals surface area contributed by atoms with Gasteiger partial charge in [-0.15, -0.1) is 11.6 Å². The van der Waals surface area contributed by atoms with Gasteiger partial charge in [0.2, 0.25) is 0 Å². The van der Waals surface area contributed by atoms with Crippen molar-refractivity contribution in [1.82, 2.24) is 0 Å². The molecular weight excluding hydrogens is 168 g/mol. The fourth-order valence-corrected chi connectivity index (χ4v) is 1.03. The maximum absolute atomic E-state index is 9.02. The van der Waals surface area contributed by atoms with E-state index in [-0.39, 0.29) is 12.0 Å². The first-order chi connectivity index (χ1) is 5.33. The molecule has 2 unspecified atom stereocenters. The molecule has 0 aromatic heterocycles. The van der Waals surface area contributed by atoms with Gasteiger partial charge in [-0.25, -0.2) is 0 Å². The van der Waals surface area contributed by atoms with Gasteiger partial charge in [0.05, 0.1) is 31.3 Å². The molecule has 0 amide bonds. The first-order valence-corrected chi connectivity index (χ1v) is 4.29. The van der Waals surface area contributed by atoms with Crippen LogP contribution in [0.5, 0.6) is 0 Å². The highest BCUT2D eigenvalue weighted by atomic mass is 35.5. The summed E-state index contributed by atoms with van der Waals surface area (Å²) in [5, 5.41) is 9.02. The SMILES string of the molecule is OC(CCl)COC1CCOC1. The van der Waals surface area contributed by atoms with E-state index in [9.17, 15) is 0 Å². The number of rotatable bonds is 4. The number of hydrogen-bond acceptors (Lipinski definition) is 3. The Labute approximate surface area is 71.2 Å². The molecule has 0 radical (unpaired) electrons. The minimum atomic E-state index is -0.544. The lowest BCUT2D eigenvalue weighted by Gasteiger charge is -2.11. The van der Waals surface area contributed by atoms with Gasteiger partial charge in [0, 0.05) is 6.61 Å². The molecule has 0 aromatic rings. The topological polar surface area (TPSA) is 38.7 Å². The zero-order chi connectivity index (χ0) is 8.10. The summed E-state index contributed by atoms with van der Waals surface area (Å²) in [6.07, 6.45) is 0.541. The van der Waals surface area contributed by atoms with E-state index in [1.54, 1.807) is 0 Å². The first kappa shape index (κ1) is 9.26. The molecule has 1 aliphatic heterocycles. The first-order valence-electron chi connectivity index (χ1n) is 3.76. The van der Waals surface area contributed by atoms with Crippen molar-refractivity contribution in [1.29, 1.82) is 0 Å². The third-order valence-corrected chi connectivity index (χ3v) is 1.95. The molecule has 0 aromatic carbocycles. The Morgan fingerprint density at radius 1 is 1.73 bits per heavy atom. The van der Waals surface area contributed by atoms with Crippen LogP contribution in [0.2, 0.25) is 0 Å². The summed E-state index contributed by atoms with van der Waals surface area (Å²) < 4.78 is 10.4. The normalized spacial score (nSPS) is 27.3. The lowest BCUT2D eigenvalue weighted by molar-refractivity contribution is -0.00493. The summed E-state index contributed by atoms with van der Waals surface area (Å²) in [4.78, 5) is 0. The van der Waals surface area contributed by atoms with E-state index in [0.29, 0.717) is 13.2 Å². The van der Waals surface area contributed by atoms with Gasteiger partial charge < -0.3 is 14.6 Å². The van der Waals surface area contributed by atoms with Gasteiger partial charge in [-0.3, -0.25) is 0 Å². The Hall–Kier alpha value is 0.170. The smallest absolute Gasteiger partial charge is 0.0908 e. The van der Waals surface area contributed by atoms with Crippen molar-refractivity contribution in [2.75, 3.05) is 25.7 Å². The third kappa shape index (κ3) is 3.38. The van der Waals surface area contributed by atoms with Gasteiger partial charge in [0.25, 0.3) is 0 Å². The van der Waals surface area contributed by atoms with Crippen LogP contribution in [0.4, 0.5) is 0 Å². The fourth-order valence-electron chi connectivity index (χ4n) is 0.936. The molecule has 0 spiro atoms. The van der Waals surface area contributed by atoms with E-state index in [1.165, 1.54) is 0 Å². The van der Waals surface area contributed by atoms with Crippen molar-refractivity contribution in [3.05, 3.63) is 0 Å². The van der Waals surface area contributed by atoms with Crippen LogP contribution in [0, 0.1) is 0 Å². The molecule has 1 aliphatic rings. The van der Waals surface area contributed by atoms with E-state index < -0.39 is 6.10 Å². The summed E-state index contributed by atoms with van der Waals surface area (Å²) >= 11 is 5.38. The van der Waals surface area contributed by atoms with Gasteiger partial charge in [-0.1, -0.05) is 0 Å². The second-order valence-corrected chi connectivity index (χ2v) is 2.94. The highest BCUT2D eigenvalue weighted by Gasteiger charge is 2.16. The second kappa shape index (κ2) is 4.93. The van der Waals surface area contributed by atoms with Gasteiger partial charge in [-0.2, -0.15) is 0 Å². The van der Waals surface area contributed by atoms with Crippen molar-refractivity contribution in [3.8, 4) is 0 Å². The highest BCUT2D eigenvalue weighted by Crippen LogP contribution is 2.08. The molecule has 1 rings (SSSR count). The van der Waals surface area contributed by atoms with Crippen molar-refractivity contribution in [2.45, 2.75) is 18.6 Å². The van der Waals surface area contributed by atoms with Crippen molar-refractivity contribution in [3.63, 3.8) is 0 Å². The number of ether oxygens (including phenoxy) is 2. The van der Waals surface area contributed by atoms with Crippen LogP contribution >= 0.6 is 11.6 Å². The maximum atomic E-state index is 9.02. The van der Waals surface area contributed by atoms with Crippen molar-refractivity contribution >= 4 is 11.6 Å². The van der Waals surface area contributed by atoms with Crippen LogP contribution < -0.4 is 0 Å². The number of aliphatic hydroxyl groups is 1. The Morgan fingerprint density at radius 3 is 3.09 bits per heavy atom. The minimum Gasteiger partial charge on any atom is -0.389 e. The van der Waals surface area contributed by atoms with E-state index in [2.05, 4.69) is 0 Å². The maximum Gasteiger partial charge on any atom is 0.0908 e. The molecule has 3 nitrogen and oxygen atoms in total. The van der Waals surface area contributed by atoms with Gasteiger partial charge in [0.1, 0.15) is 0 Å². The highest BCUT2D eigenvalue weighted by molar-refractivity contribution is 6.18. The largest absolute Gasteiger partial charge is 0.389 e. The monoisotopic (exact) mass is 180 g/mol. The lowest BCUT2D eigenvalue weighted by atomic mass is 10.3. The van der Waals surface area contributed by atoms with Crippen molar-refractivity contribution in [2.24, 2.45) is 0 Å². The van der Waals surface area contributed by atoms with Crippen LogP contribution in [0.1, 0.15) is 6.42 Å². The quantitative estimate of drug-likeness (QED) is 0.637. The summed E-state index contributed by atoms with van der Waals surface area (Å²) in [6.45, 7) is 1.73. The van der Waals surface area contributed by atoms with Gasteiger partial charge in [0.15, 0.2) is 0 Å². The predicted molar refractivity (Wildman–Crippen MR) is 41.9 cm³/mol. The predicted octanol–water partition coefficient (Wildman–Crippen LogP) is 0.392. The van der Waals surface area contributed by atoms with E-state index in [1.807, 2.05) is 0 Å². The Morgan fingerprint density at radius 2 is 2.55 bits per heavy atom. The number of halogens is 1. The van der Waals surface area contributed by atoms with Gasteiger partial charge in [-0.05, 0) is 6.42 Å². The number of alkyl halides is 1. The van der Waals surface area contributed by atoms with E-state index in [4.69, 9.17) is 26.2 Å². The number of aliphatic hydroxyl groups excluding tert-OH is 1. The lowest BCUT2D eigenvalue weighted by Crippen LogP contribution is -2.22. The van der Waals surface area contributed by atoms with E-state index in [0.717, 1.165) is 13.0 Å². The molecule has 1 fully saturated rings. The minimum absolute atomic E-state index is 0.160. The summed E-state index contributed by atoms with van der Waals surface area (Å²) in [5.41, 5.74) is 0. The Balaban J connectivity index is 2.01.